The first-order valence-corrected chi connectivity index (χ1v) is 7.35. The van der Waals surface area contributed by atoms with Gasteiger partial charge in [-0.3, -0.25) is 14.3 Å². The van der Waals surface area contributed by atoms with Gasteiger partial charge in [0.05, 0.1) is 11.4 Å². The molecule has 24 heavy (non-hydrogen) atoms. The second-order valence-electron chi connectivity index (χ2n) is 5.57. The lowest BCUT2D eigenvalue weighted by atomic mass is 9.91. The lowest BCUT2D eigenvalue weighted by Gasteiger charge is -2.23. The van der Waals surface area contributed by atoms with E-state index < -0.39 is 11.6 Å². The lowest BCUT2D eigenvalue weighted by Crippen LogP contribution is -2.25. The minimum Gasteiger partial charge on any atom is -0.310 e. The standard InChI is InChI=1S/C17H12F2N4O/c18-11-4-12(19)6-13(5-11)23-9-21-16-14(7-15(24)22-17(16)23)10-2-1-3-20-8-10/h1-6,8-9,14H,7H2,(H,22,24). The second-order valence-corrected chi connectivity index (χ2v) is 5.57. The summed E-state index contributed by atoms with van der Waals surface area (Å²) in [6, 6.07) is 6.83. The van der Waals surface area contributed by atoms with Gasteiger partial charge < -0.3 is 5.32 Å². The topological polar surface area (TPSA) is 59.8 Å². The Bertz CT molecular complexity index is 903. The van der Waals surface area contributed by atoms with Crippen molar-refractivity contribution in [2.45, 2.75) is 12.3 Å². The van der Waals surface area contributed by atoms with Crippen molar-refractivity contribution in [3.63, 3.8) is 0 Å². The molecule has 5 nitrogen and oxygen atoms in total. The molecule has 1 aromatic carbocycles. The lowest BCUT2D eigenvalue weighted by molar-refractivity contribution is -0.116. The Morgan fingerprint density at radius 2 is 2.00 bits per heavy atom. The van der Waals surface area contributed by atoms with Crippen LogP contribution in [0.1, 0.15) is 23.6 Å². The maximum atomic E-state index is 13.5. The van der Waals surface area contributed by atoms with Crippen LogP contribution in [0.5, 0.6) is 0 Å². The van der Waals surface area contributed by atoms with Crippen molar-refractivity contribution >= 4 is 11.7 Å². The second kappa shape index (κ2) is 5.52. The number of nitrogens with zero attached hydrogens (tertiary/aromatic N) is 3. The summed E-state index contributed by atoms with van der Waals surface area (Å²) >= 11 is 0. The van der Waals surface area contributed by atoms with Crippen LogP contribution in [-0.2, 0) is 4.79 Å². The Morgan fingerprint density at radius 1 is 1.21 bits per heavy atom. The molecule has 1 aliphatic rings. The smallest absolute Gasteiger partial charge is 0.226 e. The monoisotopic (exact) mass is 326 g/mol. The average Bonchev–Trinajstić information content (AvgIpc) is 2.97. The summed E-state index contributed by atoms with van der Waals surface area (Å²) in [5, 5.41) is 2.74. The van der Waals surface area contributed by atoms with Crippen LogP contribution in [0.2, 0.25) is 0 Å². The Kier molecular flexibility index (Phi) is 3.34. The molecule has 120 valence electrons. The SMILES string of the molecule is O=C1CC(c2cccnc2)c2ncn(-c3cc(F)cc(F)c3)c2N1. The molecule has 2 aromatic heterocycles. The van der Waals surface area contributed by atoms with Gasteiger partial charge in [0.25, 0.3) is 0 Å². The van der Waals surface area contributed by atoms with Crippen LogP contribution in [0.3, 0.4) is 0 Å². The van der Waals surface area contributed by atoms with Gasteiger partial charge in [-0.05, 0) is 23.8 Å². The predicted molar refractivity (Wildman–Crippen MR) is 82.8 cm³/mol. The number of amides is 1. The fraction of sp³-hybridized carbons (Fsp3) is 0.118. The quantitative estimate of drug-likeness (QED) is 0.787. The number of benzene rings is 1. The third kappa shape index (κ3) is 2.44. The van der Waals surface area contributed by atoms with Crippen LogP contribution in [-0.4, -0.2) is 20.4 Å². The molecule has 4 rings (SSSR count). The van der Waals surface area contributed by atoms with Crippen molar-refractivity contribution in [1.82, 2.24) is 14.5 Å². The zero-order chi connectivity index (χ0) is 16.7. The van der Waals surface area contributed by atoms with E-state index in [9.17, 15) is 13.6 Å². The van der Waals surface area contributed by atoms with E-state index >= 15 is 0 Å². The van der Waals surface area contributed by atoms with Gasteiger partial charge in [-0.15, -0.1) is 0 Å². The van der Waals surface area contributed by atoms with E-state index in [2.05, 4.69) is 15.3 Å². The molecule has 1 amide bonds. The van der Waals surface area contributed by atoms with Crippen molar-refractivity contribution in [2.75, 3.05) is 5.32 Å². The highest BCUT2D eigenvalue weighted by molar-refractivity contribution is 5.94. The van der Waals surface area contributed by atoms with Gasteiger partial charge in [-0.25, -0.2) is 13.8 Å². The number of nitrogens with one attached hydrogen (secondary N) is 1. The molecule has 0 bridgehead atoms. The summed E-state index contributed by atoms with van der Waals surface area (Å²) in [6.07, 6.45) is 5.04. The normalized spacial score (nSPS) is 16.6. The number of anilines is 1. The number of pyridine rings is 1. The van der Waals surface area contributed by atoms with Gasteiger partial charge in [-0.1, -0.05) is 6.07 Å². The summed E-state index contributed by atoms with van der Waals surface area (Å²) in [5.41, 5.74) is 1.77. The fourth-order valence-electron chi connectivity index (χ4n) is 2.94. The molecular weight excluding hydrogens is 314 g/mol. The molecule has 0 saturated carbocycles. The first kappa shape index (κ1) is 14.5. The Morgan fingerprint density at radius 3 is 2.71 bits per heavy atom. The minimum absolute atomic E-state index is 0.185. The van der Waals surface area contributed by atoms with Gasteiger partial charge in [0, 0.05) is 30.8 Å². The first-order valence-electron chi connectivity index (χ1n) is 7.35. The fourth-order valence-corrected chi connectivity index (χ4v) is 2.94. The highest BCUT2D eigenvalue weighted by Crippen LogP contribution is 2.37. The van der Waals surface area contributed by atoms with Crippen LogP contribution >= 0.6 is 0 Å². The van der Waals surface area contributed by atoms with E-state index in [0.717, 1.165) is 11.6 Å². The largest absolute Gasteiger partial charge is 0.310 e. The van der Waals surface area contributed by atoms with Crippen LogP contribution in [0.4, 0.5) is 14.6 Å². The number of carbonyl (C=O) groups is 1. The molecule has 1 aliphatic heterocycles. The molecule has 0 saturated heterocycles. The van der Waals surface area contributed by atoms with E-state index in [1.54, 1.807) is 18.5 Å². The number of hydrogen-bond donors (Lipinski definition) is 1. The Labute approximate surface area is 136 Å². The summed E-state index contributed by atoms with van der Waals surface area (Å²) in [7, 11) is 0. The summed E-state index contributed by atoms with van der Waals surface area (Å²) in [4.78, 5) is 20.5. The number of aromatic nitrogens is 3. The average molecular weight is 326 g/mol. The third-order valence-electron chi connectivity index (χ3n) is 3.99. The molecule has 0 radical (unpaired) electrons. The zero-order valence-corrected chi connectivity index (χ0v) is 12.4. The van der Waals surface area contributed by atoms with E-state index in [-0.39, 0.29) is 23.9 Å². The maximum Gasteiger partial charge on any atom is 0.226 e. The van der Waals surface area contributed by atoms with Gasteiger partial charge in [-0.2, -0.15) is 0 Å². The molecule has 1 N–H and O–H groups in total. The van der Waals surface area contributed by atoms with Crippen LogP contribution in [0, 0.1) is 11.6 Å². The zero-order valence-electron chi connectivity index (χ0n) is 12.4. The van der Waals surface area contributed by atoms with E-state index in [1.165, 1.54) is 23.0 Å². The number of halogens is 2. The molecule has 1 atom stereocenters. The van der Waals surface area contributed by atoms with Crippen molar-refractivity contribution in [3.05, 3.63) is 71.9 Å². The van der Waals surface area contributed by atoms with Crippen LogP contribution < -0.4 is 5.32 Å². The molecular formula is C17H12F2N4O. The number of carbonyl (C=O) groups excluding carboxylic acids is 1. The number of fused-ring (bicyclic) bond motifs is 1. The van der Waals surface area contributed by atoms with Gasteiger partial charge >= 0.3 is 0 Å². The molecule has 1 unspecified atom stereocenters. The van der Waals surface area contributed by atoms with Crippen molar-refractivity contribution in [3.8, 4) is 5.69 Å². The molecule has 0 aliphatic carbocycles. The number of hydrogen-bond acceptors (Lipinski definition) is 3. The van der Waals surface area contributed by atoms with Crippen molar-refractivity contribution < 1.29 is 13.6 Å². The molecule has 3 aromatic rings. The molecule has 0 fully saturated rings. The Hall–Kier alpha value is -3.09. The summed E-state index contributed by atoms with van der Waals surface area (Å²) < 4.78 is 28.5. The van der Waals surface area contributed by atoms with Gasteiger partial charge in [0.1, 0.15) is 23.8 Å². The molecule has 3 heterocycles. The predicted octanol–water partition coefficient (Wildman–Crippen LogP) is 3.02. The first-order chi connectivity index (χ1) is 11.6. The van der Waals surface area contributed by atoms with Crippen LogP contribution in [0.15, 0.2) is 49.1 Å². The number of imidazole rings is 1. The highest BCUT2D eigenvalue weighted by Gasteiger charge is 2.31. The minimum atomic E-state index is -0.696. The van der Waals surface area contributed by atoms with E-state index in [1.807, 2.05) is 6.07 Å². The third-order valence-corrected chi connectivity index (χ3v) is 3.99. The van der Waals surface area contributed by atoms with Crippen LogP contribution in [0.25, 0.3) is 5.69 Å². The summed E-state index contributed by atoms with van der Waals surface area (Å²) in [6.45, 7) is 0. The highest BCUT2D eigenvalue weighted by atomic mass is 19.1. The molecule has 0 spiro atoms. The van der Waals surface area contributed by atoms with Gasteiger partial charge in [0.2, 0.25) is 5.91 Å². The van der Waals surface area contributed by atoms with E-state index in [0.29, 0.717) is 11.5 Å². The Balaban J connectivity index is 1.84. The summed E-state index contributed by atoms with van der Waals surface area (Å²) in [5.74, 6) is -1.40. The van der Waals surface area contributed by atoms with E-state index in [4.69, 9.17) is 0 Å². The van der Waals surface area contributed by atoms with Gasteiger partial charge in [0.15, 0.2) is 0 Å². The van der Waals surface area contributed by atoms with Crippen molar-refractivity contribution in [2.24, 2.45) is 0 Å². The number of rotatable bonds is 2. The molecule has 7 heteroatoms. The van der Waals surface area contributed by atoms with Crippen molar-refractivity contribution in [1.29, 1.82) is 0 Å². The maximum absolute atomic E-state index is 13.5.